The molecule has 2 aromatic rings. The van der Waals surface area contributed by atoms with Crippen LogP contribution in [-0.2, 0) is 0 Å². The summed E-state index contributed by atoms with van der Waals surface area (Å²) in [5.41, 5.74) is 5.83. The van der Waals surface area contributed by atoms with E-state index in [-0.39, 0.29) is 0 Å². The number of nitrogens with zero attached hydrogens (tertiary/aromatic N) is 3. The number of rotatable bonds is 5. The van der Waals surface area contributed by atoms with Gasteiger partial charge in [0.25, 0.3) is 0 Å². The SMILES string of the molecule is CCCCN(c1nc(N)nc2sccc12)C1CC1. The van der Waals surface area contributed by atoms with Crippen molar-refractivity contribution >= 4 is 33.3 Å². The van der Waals surface area contributed by atoms with Crippen molar-refractivity contribution in [2.45, 2.75) is 38.6 Å². The Balaban J connectivity index is 2.01. The van der Waals surface area contributed by atoms with E-state index in [0.717, 1.165) is 22.6 Å². The van der Waals surface area contributed by atoms with Crippen LogP contribution in [0.2, 0.25) is 0 Å². The Kier molecular flexibility index (Phi) is 3.07. The van der Waals surface area contributed by atoms with Crippen LogP contribution in [0.25, 0.3) is 10.2 Å². The molecule has 18 heavy (non-hydrogen) atoms. The maximum Gasteiger partial charge on any atom is 0.223 e. The van der Waals surface area contributed by atoms with Gasteiger partial charge in [0.05, 0.1) is 5.39 Å². The molecular formula is C13H18N4S. The Labute approximate surface area is 111 Å². The molecule has 0 unspecified atom stereocenters. The third kappa shape index (κ3) is 2.14. The summed E-state index contributed by atoms with van der Waals surface area (Å²) in [5, 5.41) is 3.21. The lowest BCUT2D eigenvalue weighted by Gasteiger charge is -2.24. The minimum Gasteiger partial charge on any atom is -0.368 e. The predicted molar refractivity (Wildman–Crippen MR) is 77.1 cm³/mol. The molecule has 96 valence electrons. The highest BCUT2D eigenvalue weighted by Gasteiger charge is 2.31. The second-order valence-electron chi connectivity index (χ2n) is 4.82. The normalized spacial score (nSPS) is 15.2. The van der Waals surface area contributed by atoms with Gasteiger partial charge in [-0.1, -0.05) is 13.3 Å². The summed E-state index contributed by atoms with van der Waals surface area (Å²) in [7, 11) is 0. The quantitative estimate of drug-likeness (QED) is 0.899. The van der Waals surface area contributed by atoms with E-state index < -0.39 is 0 Å². The topological polar surface area (TPSA) is 55.0 Å². The first-order chi connectivity index (χ1) is 8.79. The molecule has 0 aromatic carbocycles. The minimum absolute atomic E-state index is 0.391. The van der Waals surface area contributed by atoms with Gasteiger partial charge in [0, 0.05) is 12.6 Å². The van der Waals surface area contributed by atoms with E-state index in [1.807, 2.05) is 0 Å². The smallest absolute Gasteiger partial charge is 0.223 e. The molecule has 4 nitrogen and oxygen atoms in total. The molecule has 2 aromatic heterocycles. The molecule has 1 saturated carbocycles. The highest BCUT2D eigenvalue weighted by atomic mass is 32.1. The van der Waals surface area contributed by atoms with Crippen molar-refractivity contribution in [3.8, 4) is 0 Å². The van der Waals surface area contributed by atoms with Crippen LogP contribution in [0.4, 0.5) is 11.8 Å². The van der Waals surface area contributed by atoms with Gasteiger partial charge in [-0.3, -0.25) is 0 Å². The zero-order valence-corrected chi connectivity index (χ0v) is 11.4. The Morgan fingerprint density at radius 3 is 3.00 bits per heavy atom. The molecule has 0 amide bonds. The van der Waals surface area contributed by atoms with Gasteiger partial charge < -0.3 is 10.6 Å². The van der Waals surface area contributed by atoms with Crippen LogP contribution in [-0.4, -0.2) is 22.6 Å². The lowest BCUT2D eigenvalue weighted by Crippen LogP contribution is -2.28. The minimum atomic E-state index is 0.391. The summed E-state index contributed by atoms with van der Waals surface area (Å²) < 4.78 is 0. The molecule has 0 atom stereocenters. The van der Waals surface area contributed by atoms with Crippen molar-refractivity contribution in [2.24, 2.45) is 0 Å². The summed E-state index contributed by atoms with van der Waals surface area (Å²) in [5.74, 6) is 1.43. The lowest BCUT2D eigenvalue weighted by molar-refractivity contribution is 0.707. The van der Waals surface area contributed by atoms with Crippen molar-refractivity contribution < 1.29 is 0 Å². The number of hydrogen-bond acceptors (Lipinski definition) is 5. The molecule has 1 fully saturated rings. The number of hydrogen-bond donors (Lipinski definition) is 1. The molecule has 0 saturated heterocycles. The molecule has 1 aliphatic rings. The maximum atomic E-state index is 5.83. The Morgan fingerprint density at radius 2 is 2.28 bits per heavy atom. The molecular weight excluding hydrogens is 244 g/mol. The fourth-order valence-electron chi connectivity index (χ4n) is 2.25. The maximum absolute atomic E-state index is 5.83. The Morgan fingerprint density at radius 1 is 1.44 bits per heavy atom. The third-order valence-corrected chi connectivity index (χ3v) is 4.14. The van der Waals surface area contributed by atoms with Gasteiger partial charge in [-0.15, -0.1) is 11.3 Å². The first-order valence-electron chi connectivity index (χ1n) is 6.57. The molecule has 0 aliphatic heterocycles. The molecule has 1 aliphatic carbocycles. The number of aromatic nitrogens is 2. The van der Waals surface area contributed by atoms with E-state index in [1.54, 1.807) is 11.3 Å². The van der Waals surface area contributed by atoms with Crippen LogP contribution in [0.1, 0.15) is 32.6 Å². The monoisotopic (exact) mass is 262 g/mol. The van der Waals surface area contributed by atoms with Crippen LogP contribution < -0.4 is 10.6 Å². The van der Waals surface area contributed by atoms with Crippen LogP contribution in [0.5, 0.6) is 0 Å². The van der Waals surface area contributed by atoms with E-state index in [0.29, 0.717) is 12.0 Å². The van der Waals surface area contributed by atoms with Crippen molar-refractivity contribution in [1.82, 2.24) is 9.97 Å². The number of anilines is 2. The second kappa shape index (κ2) is 4.72. The lowest BCUT2D eigenvalue weighted by atomic mass is 10.2. The van der Waals surface area contributed by atoms with Gasteiger partial charge in [0.15, 0.2) is 0 Å². The van der Waals surface area contributed by atoms with Crippen LogP contribution in [0, 0.1) is 0 Å². The number of nitrogen functional groups attached to an aromatic ring is 1. The van der Waals surface area contributed by atoms with Gasteiger partial charge >= 0.3 is 0 Å². The van der Waals surface area contributed by atoms with Crippen LogP contribution in [0.3, 0.4) is 0 Å². The zero-order valence-electron chi connectivity index (χ0n) is 10.6. The molecule has 0 spiro atoms. The second-order valence-corrected chi connectivity index (χ2v) is 5.72. The van der Waals surface area contributed by atoms with Crippen LogP contribution in [0.15, 0.2) is 11.4 Å². The van der Waals surface area contributed by atoms with Gasteiger partial charge in [-0.25, -0.2) is 4.98 Å². The number of nitrogens with two attached hydrogens (primary N) is 1. The summed E-state index contributed by atoms with van der Waals surface area (Å²) in [6, 6.07) is 2.77. The number of unbranched alkanes of at least 4 members (excludes halogenated alkanes) is 1. The van der Waals surface area contributed by atoms with Gasteiger partial charge in [-0.05, 0) is 30.7 Å². The molecule has 2 heterocycles. The summed E-state index contributed by atoms with van der Waals surface area (Å²) in [6.07, 6.45) is 4.96. The molecule has 5 heteroatoms. The van der Waals surface area contributed by atoms with Crippen molar-refractivity contribution in [3.05, 3.63) is 11.4 Å². The first kappa shape index (κ1) is 11.7. The standard InChI is InChI=1S/C13H18N4S/c1-2-3-7-17(9-4-5-9)11-10-6-8-18-12(10)16-13(14)15-11/h6,8-9H,2-5,7H2,1H3,(H2,14,15,16). The van der Waals surface area contributed by atoms with E-state index in [1.165, 1.54) is 25.7 Å². The van der Waals surface area contributed by atoms with Crippen molar-refractivity contribution in [2.75, 3.05) is 17.2 Å². The zero-order chi connectivity index (χ0) is 12.5. The Hall–Kier alpha value is -1.36. The average molecular weight is 262 g/mol. The van der Waals surface area contributed by atoms with E-state index in [2.05, 4.69) is 33.2 Å². The molecule has 2 N–H and O–H groups in total. The van der Waals surface area contributed by atoms with Gasteiger partial charge in [0.2, 0.25) is 5.95 Å². The van der Waals surface area contributed by atoms with E-state index in [9.17, 15) is 0 Å². The summed E-state index contributed by atoms with van der Waals surface area (Å²) >= 11 is 1.63. The largest absolute Gasteiger partial charge is 0.368 e. The summed E-state index contributed by atoms with van der Waals surface area (Å²) in [6.45, 7) is 3.29. The first-order valence-corrected chi connectivity index (χ1v) is 7.45. The highest BCUT2D eigenvalue weighted by Crippen LogP contribution is 2.36. The van der Waals surface area contributed by atoms with E-state index in [4.69, 9.17) is 5.73 Å². The fraction of sp³-hybridized carbons (Fsp3) is 0.538. The summed E-state index contributed by atoms with van der Waals surface area (Å²) in [4.78, 5) is 12.2. The number of thiophene rings is 1. The van der Waals surface area contributed by atoms with Crippen molar-refractivity contribution in [3.63, 3.8) is 0 Å². The van der Waals surface area contributed by atoms with Gasteiger partial charge in [0.1, 0.15) is 10.6 Å². The number of fused-ring (bicyclic) bond motifs is 1. The molecule has 3 rings (SSSR count). The van der Waals surface area contributed by atoms with E-state index >= 15 is 0 Å². The molecule has 0 bridgehead atoms. The predicted octanol–water partition coefficient (Wildman–Crippen LogP) is 3.04. The van der Waals surface area contributed by atoms with Gasteiger partial charge in [-0.2, -0.15) is 4.98 Å². The van der Waals surface area contributed by atoms with Crippen LogP contribution >= 0.6 is 11.3 Å². The molecule has 0 radical (unpaired) electrons. The van der Waals surface area contributed by atoms with Crippen molar-refractivity contribution in [1.29, 1.82) is 0 Å². The Bertz CT molecular complexity index is 547. The average Bonchev–Trinajstić information content (AvgIpc) is 3.08. The fourth-order valence-corrected chi connectivity index (χ4v) is 3.02. The third-order valence-electron chi connectivity index (χ3n) is 3.33. The highest BCUT2D eigenvalue weighted by molar-refractivity contribution is 7.16.